The largest absolute Gasteiger partial charge is 0.399 e. The molecule has 0 aliphatic heterocycles. The fourth-order valence-electron chi connectivity index (χ4n) is 2.48. The van der Waals surface area contributed by atoms with Crippen LogP contribution in [0.3, 0.4) is 0 Å². The van der Waals surface area contributed by atoms with E-state index in [2.05, 4.69) is 42.1 Å². The van der Waals surface area contributed by atoms with E-state index in [1.54, 1.807) is 6.33 Å². The Hall–Kier alpha value is -2.62. The molecule has 3 aromatic rings. The zero-order valence-corrected chi connectivity index (χ0v) is 12.2. The molecule has 21 heavy (non-hydrogen) atoms. The number of hydrogen-bond acceptors (Lipinski definition) is 3. The minimum atomic E-state index is 0.722. The van der Waals surface area contributed by atoms with Gasteiger partial charge >= 0.3 is 0 Å². The monoisotopic (exact) mass is 278 g/mol. The molecule has 0 aliphatic rings. The summed E-state index contributed by atoms with van der Waals surface area (Å²) in [5, 5.41) is 4.53. The third-order valence-electron chi connectivity index (χ3n) is 3.33. The van der Waals surface area contributed by atoms with Crippen LogP contribution in [-0.4, -0.2) is 14.8 Å². The molecule has 2 aromatic carbocycles. The zero-order valence-electron chi connectivity index (χ0n) is 12.2. The van der Waals surface area contributed by atoms with E-state index in [4.69, 9.17) is 5.73 Å². The van der Waals surface area contributed by atoms with Crippen molar-refractivity contribution in [1.29, 1.82) is 0 Å². The van der Waals surface area contributed by atoms with Gasteiger partial charge in [-0.25, -0.2) is 9.67 Å². The summed E-state index contributed by atoms with van der Waals surface area (Å²) >= 11 is 0. The molecule has 0 saturated carbocycles. The molecule has 4 nitrogen and oxygen atoms in total. The first-order valence-corrected chi connectivity index (χ1v) is 6.93. The molecule has 1 heterocycles. The third kappa shape index (κ3) is 3.11. The molecule has 0 spiro atoms. The summed E-state index contributed by atoms with van der Waals surface area (Å²) in [7, 11) is 0. The smallest absolute Gasteiger partial charge is 0.181 e. The van der Waals surface area contributed by atoms with Gasteiger partial charge < -0.3 is 5.73 Å². The summed E-state index contributed by atoms with van der Waals surface area (Å²) in [5.41, 5.74) is 11.2. The lowest BCUT2D eigenvalue weighted by Crippen LogP contribution is -2.01. The number of benzene rings is 2. The molecule has 0 fully saturated rings. The van der Waals surface area contributed by atoms with E-state index in [9.17, 15) is 0 Å². The van der Waals surface area contributed by atoms with Crippen LogP contribution in [0, 0.1) is 13.8 Å². The van der Waals surface area contributed by atoms with Gasteiger partial charge in [0, 0.05) is 11.3 Å². The van der Waals surface area contributed by atoms with Gasteiger partial charge in [-0.3, -0.25) is 0 Å². The second-order valence-electron chi connectivity index (χ2n) is 5.38. The fraction of sp³-hybridized carbons (Fsp3) is 0.176. The normalized spacial score (nSPS) is 10.8. The van der Waals surface area contributed by atoms with Crippen LogP contribution in [0.4, 0.5) is 5.69 Å². The van der Waals surface area contributed by atoms with E-state index in [-0.39, 0.29) is 0 Å². The highest BCUT2D eigenvalue weighted by molar-refractivity contribution is 5.57. The lowest BCUT2D eigenvalue weighted by atomic mass is 10.1. The van der Waals surface area contributed by atoms with Gasteiger partial charge in [-0.2, -0.15) is 5.10 Å². The lowest BCUT2D eigenvalue weighted by Gasteiger charge is -2.04. The van der Waals surface area contributed by atoms with Gasteiger partial charge in [-0.15, -0.1) is 0 Å². The maximum Gasteiger partial charge on any atom is 0.181 e. The van der Waals surface area contributed by atoms with Crippen molar-refractivity contribution in [2.45, 2.75) is 20.4 Å². The molecule has 106 valence electrons. The number of aromatic nitrogens is 3. The summed E-state index contributed by atoms with van der Waals surface area (Å²) < 4.78 is 1.86. The first-order chi connectivity index (χ1) is 10.1. The van der Waals surface area contributed by atoms with E-state index in [0.29, 0.717) is 0 Å². The predicted octanol–water partition coefficient (Wildman–Crippen LogP) is 3.19. The van der Waals surface area contributed by atoms with E-state index in [1.807, 2.05) is 28.9 Å². The average molecular weight is 278 g/mol. The fourth-order valence-corrected chi connectivity index (χ4v) is 2.48. The highest BCUT2D eigenvalue weighted by Gasteiger charge is 2.05. The van der Waals surface area contributed by atoms with Gasteiger partial charge in [-0.05, 0) is 43.7 Å². The molecule has 0 bridgehead atoms. The molecule has 0 amide bonds. The topological polar surface area (TPSA) is 56.7 Å². The Kier molecular flexibility index (Phi) is 3.44. The Morgan fingerprint density at radius 1 is 1.00 bits per heavy atom. The number of nitrogen functional groups attached to an aromatic ring is 1. The van der Waals surface area contributed by atoms with Crippen molar-refractivity contribution in [2.75, 3.05) is 5.73 Å². The minimum Gasteiger partial charge on any atom is -0.399 e. The van der Waals surface area contributed by atoms with Gasteiger partial charge in [0.05, 0.1) is 6.54 Å². The summed E-state index contributed by atoms with van der Waals surface area (Å²) in [6, 6.07) is 14.1. The Bertz CT molecular complexity index is 736. The van der Waals surface area contributed by atoms with Crippen LogP contribution >= 0.6 is 0 Å². The van der Waals surface area contributed by atoms with Crippen molar-refractivity contribution >= 4 is 5.69 Å². The molecule has 0 atom stereocenters. The van der Waals surface area contributed by atoms with Gasteiger partial charge in [-0.1, -0.05) is 29.3 Å². The van der Waals surface area contributed by atoms with Gasteiger partial charge in [0.25, 0.3) is 0 Å². The first-order valence-electron chi connectivity index (χ1n) is 6.93. The number of hydrogen-bond donors (Lipinski definition) is 1. The maximum absolute atomic E-state index is 5.69. The molecule has 0 radical (unpaired) electrons. The first kappa shape index (κ1) is 13.4. The van der Waals surface area contributed by atoms with Crippen LogP contribution in [0.1, 0.15) is 16.7 Å². The Balaban J connectivity index is 1.83. The molecule has 1 aromatic heterocycles. The van der Waals surface area contributed by atoms with Gasteiger partial charge in [0.15, 0.2) is 5.82 Å². The predicted molar refractivity (Wildman–Crippen MR) is 84.9 cm³/mol. The molecule has 0 unspecified atom stereocenters. The van der Waals surface area contributed by atoms with Crippen molar-refractivity contribution in [2.24, 2.45) is 0 Å². The molecular formula is C17H18N4. The second kappa shape index (κ2) is 5.40. The molecule has 3 rings (SSSR count). The molecule has 2 N–H and O–H groups in total. The minimum absolute atomic E-state index is 0.722. The Morgan fingerprint density at radius 3 is 2.33 bits per heavy atom. The summed E-state index contributed by atoms with van der Waals surface area (Å²) in [6.45, 7) is 4.94. The zero-order chi connectivity index (χ0) is 14.8. The SMILES string of the molecule is Cc1cc(C)cc(Cn2cnc(-c3ccc(N)cc3)n2)c1. The van der Waals surface area contributed by atoms with E-state index >= 15 is 0 Å². The number of nitrogens with zero attached hydrogens (tertiary/aromatic N) is 3. The number of aryl methyl sites for hydroxylation is 2. The Labute approximate surface area is 124 Å². The number of rotatable bonds is 3. The van der Waals surface area contributed by atoms with Crippen molar-refractivity contribution in [3.63, 3.8) is 0 Å². The second-order valence-corrected chi connectivity index (χ2v) is 5.38. The van der Waals surface area contributed by atoms with E-state index < -0.39 is 0 Å². The van der Waals surface area contributed by atoms with Crippen LogP contribution in [-0.2, 0) is 6.54 Å². The summed E-state index contributed by atoms with van der Waals surface area (Å²) in [5.74, 6) is 0.722. The summed E-state index contributed by atoms with van der Waals surface area (Å²) in [4.78, 5) is 4.37. The number of anilines is 1. The average Bonchev–Trinajstić information content (AvgIpc) is 2.87. The highest BCUT2D eigenvalue weighted by Crippen LogP contribution is 2.16. The standard InChI is InChI=1S/C17H18N4/c1-12-7-13(2)9-14(8-12)10-21-11-19-17(20-21)15-3-5-16(18)6-4-15/h3-9,11H,10,18H2,1-2H3. The van der Waals surface area contributed by atoms with E-state index in [1.165, 1.54) is 16.7 Å². The van der Waals surface area contributed by atoms with Gasteiger partial charge in [0.1, 0.15) is 6.33 Å². The maximum atomic E-state index is 5.69. The number of nitrogens with two attached hydrogens (primary N) is 1. The molecular weight excluding hydrogens is 260 g/mol. The van der Waals surface area contributed by atoms with Gasteiger partial charge in [0.2, 0.25) is 0 Å². The van der Waals surface area contributed by atoms with Crippen LogP contribution in [0.5, 0.6) is 0 Å². The van der Waals surface area contributed by atoms with Crippen molar-refractivity contribution in [3.05, 3.63) is 65.5 Å². The van der Waals surface area contributed by atoms with Crippen molar-refractivity contribution in [3.8, 4) is 11.4 Å². The quantitative estimate of drug-likeness (QED) is 0.748. The summed E-state index contributed by atoms with van der Waals surface area (Å²) in [6.07, 6.45) is 1.77. The van der Waals surface area contributed by atoms with Crippen molar-refractivity contribution < 1.29 is 0 Å². The van der Waals surface area contributed by atoms with Crippen LogP contribution < -0.4 is 5.73 Å². The third-order valence-corrected chi connectivity index (χ3v) is 3.33. The van der Waals surface area contributed by atoms with Crippen LogP contribution in [0.25, 0.3) is 11.4 Å². The van der Waals surface area contributed by atoms with Crippen LogP contribution in [0.2, 0.25) is 0 Å². The Morgan fingerprint density at radius 2 is 1.67 bits per heavy atom. The molecule has 0 aliphatic carbocycles. The van der Waals surface area contributed by atoms with Crippen molar-refractivity contribution in [1.82, 2.24) is 14.8 Å². The molecule has 0 saturated heterocycles. The van der Waals surface area contributed by atoms with E-state index in [0.717, 1.165) is 23.6 Å². The highest BCUT2D eigenvalue weighted by atomic mass is 15.3. The molecule has 4 heteroatoms. The van der Waals surface area contributed by atoms with Crippen LogP contribution in [0.15, 0.2) is 48.8 Å². The lowest BCUT2D eigenvalue weighted by molar-refractivity contribution is 0.686.